The van der Waals surface area contributed by atoms with Crippen LogP contribution in [0, 0.1) is 0 Å². The van der Waals surface area contributed by atoms with Gasteiger partial charge in [0.05, 0.1) is 6.54 Å². The van der Waals surface area contributed by atoms with Crippen LogP contribution in [-0.4, -0.2) is 12.5 Å². The van der Waals surface area contributed by atoms with Gasteiger partial charge in [-0.1, -0.05) is 72.8 Å². The second-order valence-corrected chi connectivity index (χ2v) is 8.05. The highest BCUT2D eigenvalue weighted by Gasteiger charge is 2.19. The Morgan fingerprint density at radius 3 is 2.40 bits per heavy atom. The van der Waals surface area contributed by atoms with Crippen molar-refractivity contribution >= 4 is 22.4 Å². The first-order valence-electron chi connectivity index (χ1n) is 10.5. The van der Waals surface area contributed by atoms with Crippen molar-refractivity contribution in [3.8, 4) is 0 Å². The van der Waals surface area contributed by atoms with E-state index in [1.165, 1.54) is 16.7 Å². The predicted octanol–water partition coefficient (Wildman–Crippen LogP) is 4.23. The maximum absolute atomic E-state index is 12.8. The molecule has 0 saturated carbocycles. The molecule has 0 radical (unpaired) electrons. The monoisotopic (exact) mass is 393 g/mol. The molecule has 4 aromatic carbocycles. The number of carbonyl (C=O) groups excluding carboxylic acids is 1. The lowest BCUT2D eigenvalue weighted by Crippen LogP contribution is -3.10. The zero-order chi connectivity index (χ0) is 20.3. The maximum Gasteiger partial charge on any atom is 0.255 e. The second kappa shape index (κ2) is 8.13. The molecule has 0 aliphatic carbocycles. The van der Waals surface area contributed by atoms with E-state index in [2.05, 4.69) is 53.8 Å². The molecule has 1 unspecified atom stereocenters. The summed E-state index contributed by atoms with van der Waals surface area (Å²) in [5, 5.41) is 5.25. The zero-order valence-corrected chi connectivity index (χ0v) is 16.9. The highest BCUT2D eigenvalue weighted by Crippen LogP contribution is 2.23. The fourth-order valence-corrected chi connectivity index (χ4v) is 4.39. The molecule has 30 heavy (non-hydrogen) atoms. The van der Waals surface area contributed by atoms with Crippen LogP contribution in [0.3, 0.4) is 0 Å². The Balaban J connectivity index is 1.26. The molecule has 0 saturated heterocycles. The van der Waals surface area contributed by atoms with E-state index in [-0.39, 0.29) is 5.91 Å². The molecular formula is C27H25N2O+. The summed E-state index contributed by atoms with van der Waals surface area (Å²) in [5.74, 6) is -0.0721. The molecule has 148 valence electrons. The lowest BCUT2D eigenvalue weighted by atomic mass is 9.99. The normalized spacial score (nSPS) is 15.5. The first kappa shape index (κ1) is 18.6. The van der Waals surface area contributed by atoms with Crippen molar-refractivity contribution < 1.29 is 9.69 Å². The lowest BCUT2D eigenvalue weighted by Gasteiger charge is -2.26. The van der Waals surface area contributed by atoms with Crippen molar-refractivity contribution in [3.05, 3.63) is 113 Å². The summed E-state index contributed by atoms with van der Waals surface area (Å²) < 4.78 is 0. The Labute approximate surface area is 177 Å². The van der Waals surface area contributed by atoms with E-state index in [1.54, 1.807) is 4.90 Å². The van der Waals surface area contributed by atoms with Gasteiger partial charge in [-0.05, 0) is 29.1 Å². The van der Waals surface area contributed by atoms with Gasteiger partial charge in [-0.15, -0.1) is 0 Å². The highest BCUT2D eigenvalue weighted by molar-refractivity contribution is 6.09. The van der Waals surface area contributed by atoms with Gasteiger partial charge < -0.3 is 10.2 Å². The minimum absolute atomic E-state index is 0.0721. The standard InChI is InChI=1S/C27H24N2O/c30-27(28-26-11-5-9-22-7-3-4-10-25(22)26)23-14-12-20(13-15-23)18-29-17-16-21-6-1-2-8-24(21)19-29/h1-15H,16-19H2,(H,28,30)/p+1. The molecule has 1 aliphatic rings. The number of anilines is 1. The largest absolute Gasteiger partial charge is 0.327 e. The Hall–Kier alpha value is -3.43. The van der Waals surface area contributed by atoms with Crippen molar-refractivity contribution in [2.75, 3.05) is 11.9 Å². The van der Waals surface area contributed by atoms with Crippen molar-refractivity contribution in [1.29, 1.82) is 0 Å². The summed E-state index contributed by atoms with van der Waals surface area (Å²) in [4.78, 5) is 14.4. The van der Waals surface area contributed by atoms with Crippen LogP contribution in [0.25, 0.3) is 10.8 Å². The van der Waals surface area contributed by atoms with E-state index in [9.17, 15) is 4.79 Å². The fourth-order valence-electron chi connectivity index (χ4n) is 4.39. The van der Waals surface area contributed by atoms with Gasteiger partial charge in [-0.2, -0.15) is 0 Å². The Kier molecular flexibility index (Phi) is 5.04. The van der Waals surface area contributed by atoms with Gasteiger partial charge in [0.25, 0.3) is 5.91 Å². The van der Waals surface area contributed by atoms with E-state index in [0.717, 1.165) is 42.5 Å². The van der Waals surface area contributed by atoms with Crippen LogP contribution < -0.4 is 10.2 Å². The maximum atomic E-state index is 12.8. The fraction of sp³-hybridized carbons (Fsp3) is 0.148. The molecule has 2 N–H and O–H groups in total. The van der Waals surface area contributed by atoms with Crippen LogP contribution in [0.5, 0.6) is 0 Å². The van der Waals surface area contributed by atoms with Crippen LogP contribution >= 0.6 is 0 Å². The van der Waals surface area contributed by atoms with Gasteiger partial charge in [0.1, 0.15) is 13.1 Å². The number of quaternary nitrogens is 1. The van der Waals surface area contributed by atoms with Gasteiger partial charge in [-0.3, -0.25) is 4.79 Å². The molecular weight excluding hydrogens is 368 g/mol. The van der Waals surface area contributed by atoms with Gasteiger partial charge in [0, 0.05) is 34.2 Å². The number of nitrogens with one attached hydrogen (secondary N) is 2. The second-order valence-electron chi connectivity index (χ2n) is 8.05. The quantitative estimate of drug-likeness (QED) is 0.534. The predicted molar refractivity (Wildman–Crippen MR) is 122 cm³/mol. The average Bonchev–Trinajstić information content (AvgIpc) is 2.80. The highest BCUT2D eigenvalue weighted by atomic mass is 16.1. The van der Waals surface area contributed by atoms with E-state index in [0.29, 0.717) is 5.56 Å². The number of hydrogen-bond donors (Lipinski definition) is 2. The number of rotatable bonds is 4. The van der Waals surface area contributed by atoms with Gasteiger partial charge in [0.15, 0.2) is 0 Å². The third-order valence-electron chi connectivity index (χ3n) is 6.01. The lowest BCUT2D eigenvalue weighted by molar-refractivity contribution is -0.929. The number of carbonyl (C=O) groups is 1. The van der Waals surface area contributed by atoms with E-state index >= 15 is 0 Å². The Morgan fingerprint density at radius 2 is 1.53 bits per heavy atom. The molecule has 1 atom stereocenters. The minimum Gasteiger partial charge on any atom is -0.327 e. The SMILES string of the molecule is O=C(Nc1cccc2ccccc12)c1ccc(C[NH+]2CCc3ccccc3C2)cc1. The Bertz CT molecular complexity index is 1190. The number of hydrogen-bond acceptors (Lipinski definition) is 1. The van der Waals surface area contributed by atoms with Crippen LogP contribution in [-0.2, 0) is 19.5 Å². The third-order valence-corrected chi connectivity index (χ3v) is 6.01. The van der Waals surface area contributed by atoms with Crippen LogP contribution in [0.15, 0.2) is 91.0 Å². The molecule has 5 rings (SSSR count). The zero-order valence-electron chi connectivity index (χ0n) is 16.9. The molecule has 0 aromatic heterocycles. The summed E-state index contributed by atoms with van der Waals surface area (Å²) in [5.41, 5.74) is 5.75. The smallest absolute Gasteiger partial charge is 0.255 e. The Morgan fingerprint density at radius 1 is 0.800 bits per heavy atom. The van der Waals surface area contributed by atoms with Crippen molar-refractivity contribution in [2.45, 2.75) is 19.5 Å². The van der Waals surface area contributed by atoms with Gasteiger partial charge >= 0.3 is 0 Å². The molecule has 1 amide bonds. The number of amides is 1. The average molecular weight is 394 g/mol. The van der Waals surface area contributed by atoms with E-state index < -0.39 is 0 Å². The molecule has 1 heterocycles. The van der Waals surface area contributed by atoms with Crippen molar-refractivity contribution in [1.82, 2.24) is 0 Å². The summed E-state index contributed by atoms with van der Waals surface area (Å²) in [6.45, 7) is 3.21. The number of fused-ring (bicyclic) bond motifs is 2. The van der Waals surface area contributed by atoms with Crippen molar-refractivity contribution in [2.24, 2.45) is 0 Å². The van der Waals surface area contributed by atoms with E-state index in [4.69, 9.17) is 0 Å². The molecule has 3 nitrogen and oxygen atoms in total. The molecule has 3 heteroatoms. The molecule has 1 aliphatic heterocycles. The number of benzene rings is 4. The van der Waals surface area contributed by atoms with Crippen LogP contribution in [0.1, 0.15) is 27.0 Å². The van der Waals surface area contributed by atoms with Gasteiger partial charge in [-0.25, -0.2) is 0 Å². The van der Waals surface area contributed by atoms with Crippen molar-refractivity contribution in [3.63, 3.8) is 0 Å². The minimum atomic E-state index is -0.0721. The summed E-state index contributed by atoms with van der Waals surface area (Å²) in [7, 11) is 0. The molecule has 0 bridgehead atoms. The topological polar surface area (TPSA) is 33.5 Å². The molecule has 0 fully saturated rings. The molecule has 4 aromatic rings. The van der Waals surface area contributed by atoms with E-state index in [1.807, 2.05) is 42.5 Å². The first-order valence-corrected chi connectivity index (χ1v) is 10.5. The summed E-state index contributed by atoms with van der Waals surface area (Å²) in [6, 6.07) is 30.9. The summed E-state index contributed by atoms with van der Waals surface area (Å²) in [6.07, 6.45) is 1.14. The first-order chi connectivity index (χ1) is 14.8. The van der Waals surface area contributed by atoms with Gasteiger partial charge in [0.2, 0.25) is 0 Å². The third kappa shape index (κ3) is 3.85. The summed E-state index contributed by atoms with van der Waals surface area (Å²) >= 11 is 0. The van der Waals surface area contributed by atoms with Crippen LogP contribution in [0.2, 0.25) is 0 Å². The molecule has 0 spiro atoms. The van der Waals surface area contributed by atoms with Crippen LogP contribution in [0.4, 0.5) is 5.69 Å².